The molecule has 5 rings (SSSR count). The fraction of sp³-hybridized carbons (Fsp3) is 0.125. The minimum absolute atomic E-state index is 0.107. The van der Waals surface area contributed by atoms with Crippen LogP contribution in [0.15, 0.2) is 79.1 Å². The summed E-state index contributed by atoms with van der Waals surface area (Å²) in [6.07, 6.45) is 3.56. The monoisotopic (exact) mass is 457 g/mol. The summed E-state index contributed by atoms with van der Waals surface area (Å²) in [5, 5.41) is 18.4. The van der Waals surface area contributed by atoms with E-state index in [2.05, 4.69) is 25.9 Å². The van der Waals surface area contributed by atoms with Crippen molar-refractivity contribution in [2.75, 3.05) is 22.1 Å². The Balaban J connectivity index is 1.18. The van der Waals surface area contributed by atoms with Crippen LogP contribution in [0.25, 0.3) is 5.82 Å². The van der Waals surface area contributed by atoms with Crippen LogP contribution in [0, 0.1) is 11.7 Å². The standard InChI is InChI=1S/C24H20FN7O2/c25-17-2-8-20(9-3-17)31-15-16(14-23(31)33)24(34)28-19-6-4-18(5-7-19)27-21-10-11-22(30-29-21)32-13-1-12-26-32/h1-13,16H,14-15H2,(H,27,29)(H,28,34)/t16-/m0/s1. The van der Waals surface area contributed by atoms with Gasteiger partial charge in [0, 0.05) is 42.4 Å². The number of nitrogens with zero attached hydrogens (tertiary/aromatic N) is 5. The highest BCUT2D eigenvalue weighted by Gasteiger charge is 2.35. The van der Waals surface area contributed by atoms with E-state index >= 15 is 0 Å². The van der Waals surface area contributed by atoms with Crippen LogP contribution in [0.1, 0.15) is 6.42 Å². The summed E-state index contributed by atoms with van der Waals surface area (Å²) in [4.78, 5) is 26.6. The SMILES string of the molecule is O=C(Nc1ccc(Nc2ccc(-n3cccn3)nn2)cc1)[C@H]1CC(=O)N(c2ccc(F)cc2)C1. The number of carbonyl (C=O) groups excluding carboxylic acids is 2. The molecule has 34 heavy (non-hydrogen) atoms. The normalized spacial score (nSPS) is 15.4. The van der Waals surface area contributed by atoms with Gasteiger partial charge in [-0.15, -0.1) is 10.2 Å². The molecule has 0 spiro atoms. The summed E-state index contributed by atoms with van der Waals surface area (Å²) in [5.74, 6) is -0.0837. The molecule has 4 aromatic rings. The lowest BCUT2D eigenvalue weighted by Gasteiger charge is -2.16. The van der Waals surface area contributed by atoms with Gasteiger partial charge < -0.3 is 15.5 Å². The highest BCUT2D eigenvalue weighted by molar-refractivity contribution is 6.03. The van der Waals surface area contributed by atoms with Crippen molar-refractivity contribution in [1.29, 1.82) is 0 Å². The maximum atomic E-state index is 13.2. The molecule has 0 aliphatic carbocycles. The van der Waals surface area contributed by atoms with E-state index in [-0.39, 0.29) is 30.6 Å². The Kier molecular flexibility index (Phi) is 5.69. The average Bonchev–Trinajstić information content (AvgIpc) is 3.52. The largest absolute Gasteiger partial charge is 0.339 e. The number of anilines is 4. The molecule has 1 aliphatic rings. The second-order valence-electron chi connectivity index (χ2n) is 7.80. The first kappa shape index (κ1) is 21.3. The number of rotatable bonds is 6. The van der Waals surface area contributed by atoms with Crippen LogP contribution in [0.3, 0.4) is 0 Å². The zero-order chi connectivity index (χ0) is 23.5. The maximum absolute atomic E-state index is 13.2. The highest BCUT2D eigenvalue weighted by Crippen LogP contribution is 2.26. The van der Waals surface area contributed by atoms with Gasteiger partial charge in [0.2, 0.25) is 11.8 Å². The molecule has 2 N–H and O–H groups in total. The first-order valence-corrected chi connectivity index (χ1v) is 10.6. The van der Waals surface area contributed by atoms with Gasteiger partial charge in [-0.25, -0.2) is 9.07 Å². The molecule has 1 fully saturated rings. The van der Waals surface area contributed by atoms with Crippen LogP contribution >= 0.6 is 0 Å². The van der Waals surface area contributed by atoms with Crippen molar-refractivity contribution in [3.05, 3.63) is 84.9 Å². The molecule has 9 nitrogen and oxygen atoms in total. The fourth-order valence-electron chi connectivity index (χ4n) is 3.70. The zero-order valence-electron chi connectivity index (χ0n) is 17.9. The number of amides is 2. The van der Waals surface area contributed by atoms with E-state index in [1.807, 2.05) is 12.1 Å². The Morgan fingerprint density at radius 3 is 2.41 bits per heavy atom. The van der Waals surface area contributed by atoms with E-state index in [0.717, 1.165) is 5.69 Å². The van der Waals surface area contributed by atoms with Gasteiger partial charge in [-0.1, -0.05) is 0 Å². The van der Waals surface area contributed by atoms with Gasteiger partial charge in [0.05, 0.1) is 5.92 Å². The summed E-state index contributed by atoms with van der Waals surface area (Å²) in [5.41, 5.74) is 1.97. The zero-order valence-corrected chi connectivity index (χ0v) is 17.9. The first-order chi connectivity index (χ1) is 16.5. The Morgan fingerprint density at radius 1 is 0.971 bits per heavy atom. The minimum atomic E-state index is -0.487. The molecule has 2 aromatic heterocycles. The lowest BCUT2D eigenvalue weighted by molar-refractivity contribution is -0.122. The Bertz CT molecular complexity index is 1290. The second kappa shape index (κ2) is 9.10. The smallest absolute Gasteiger partial charge is 0.229 e. The number of nitrogens with one attached hydrogen (secondary N) is 2. The van der Waals surface area contributed by atoms with E-state index in [1.54, 1.807) is 47.4 Å². The van der Waals surface area contributed by atoms with Gasteiger partial charge in [-0.3, -0.25) is 9.59 Å². The number of hydrogen-bond donors (Lipinski definition) is 2. The molecule has 3 heterocycles. The predicted octanol–water partition coefficient (Wildman–Crippen LogP) is 3.54. The van der Waals surface area contributed by atoms with Gasteiger partial charge in [0.15, 0.2) is 11.6 Å². The number of benzene rings is 2. The topological polar surface area (TPSA) is 105 Å². The van der Waals surface area contributed by atoms with Crippen molar-refractivity contribution >= 4 is 34.7 Å². The quantitative estimate of drug-likeness (QED) is 0.459. The molecule has 0 bridgehead atoms. The Labute approximate surface area is 194 Å². The van der Waals surface area contributed by atoms with E-state index in [9.17, 15) is 14.0 Å². The molecular weight excluding hydrogens is 437 g/mol. The lowest BCUT2D eigenvalue weighted by atomic mass is 10.1. The summed E-state index contributed by atoms with van der Waals surface area (Å²) >= 11 is 0. The minimum Gasteiger partial charge on any atom is -0.339 e. The van der Waals surface area contributed by atoms with Crippen LogP contribution in [0.5, 0.6) is 0 Å². The third-order valence-electron chi connectivity index (χ3n) is 5.45. The van der Waals surface area contributed by atoms with Gasteiger partial charge in [-0.2, -0.15) is 5.10 Å². The molecule has 2 aromatic carbocycles. The van der Waals surface area contributed by atoms with Crippen molar-refractivity contribution in [1.82, 2.24) is 20.0 Å². The summed E-state index contributed by atoms with van der Waals surface area (Å²) in [7, 11) is 0. The third-order valence-corrected chi connectivity index (χ3v) is 5.45. The molecule has 2 amide bonds. The molecule has 1 atom stereocenters. The van der Waals surface area contributed by atoms with Crippen LogP contribution in [-0.4, -0.2) is 38.3 Å². The van der Waals surface area contributed by atoms with Crippen LogP contribution in [0.2, 0.25) is 0 Å². The number of carbonyl (C=O) groups is 2. The van der Waals surface area contributed by atoms with E-state index < -0.39 is 5.92 Å². The highest BCUT2D eigenvalue weighted by atomic mass is 19.1. The van der Waals surface area contributed by atoms with Crippen LogP contribution in [0.4, 0.5) is 27.3 Å². The Hall–Kier alpha value is -4.60. The van der Waals surface area contributed by atoms with Crippen molar-refractivity contribution in [2.45, 2.75) is 6.42 Å². The van der Waals surface area contributed by atoms with Crippen molar-refractivity contribution in [2.24, 2.45) is 5.92 Å². The van der Waals surface area contributed by atoms with Gasteiger partial charge in [0.25, 0.3) is 0 Å². The summed E-state index contributed by atoms with van der Waals surface area (Å²) in [6, 6.07) is 18.2. The third kappa shape index (κ3) is 4.60. The van der Waals surface area contributed by atoms with Gasteiger partial charge >= 0.3 is 0 Å². The van der Waals surface area contributed by atoms with E-state index in [4.69, 9.17) is 0 Å². The second-order valence-corrected chi connectivity index (χ2v) is 7.80. The first-order valence-electron chi connectivity index (χ1n) is 10.6. The average molecular weight is 457 g/mol. The molecule has 0 radical (unpaired) electrons. The predicted molar refractivity (Wildman–Crippen MR) is 124 cm³/mol. The molecule has 1 aliphatic heterocycles. The molecule has 1 saturated heterocycles. The van der Waals surface area contributed by atoms with Gasteiger partial charge in [0.1, 0.15) is 5.82 Å². The fourth-order valence-corrected chi connectivity index (χ4v) is 3.70. The van der Waals surface area contributed by atoms with Crippen molar-refractivity contribution in [3.63, 3.8) is 0 Å². The van der Waals surface area contributed by atoms with E-state index in [0.29, 0.717) is 23.0 Å². The number of aromatic nitrogens is 4. The van der Waals surface area contributed by atoms with Gasteiger partial charge in [-0.05, 0) is 66.7 Å². The molecule has 0 unspecified atom stereocenters. The summed E-state index contributed by atoms with van der Waals surface area (Å²) in [6.45, 7) is 0.253. The molecular formula is C24H20FN7O2. The number of hydrogen-bond acceptors (Lipinski definition) is 6. The van der Waals surface area contributed by atoms with Crippen LogP contribution < -0.4 is 15.5 Å². The summed E-state index contributed by atoms with van der Waals surface area (Å²) < 4.78 is 14.8. The van der Waals surface area contributed by atoms with Crippen LogP contribution in [-0.2, 0) is 9.59 Å². The lowest BCUT2D eigenvalue weighted by Crippen LogP contribution is -2.28. The number of halogens is 1. The Morgan fingerprint density at radius 2 is 1.74 bits per heavy atom. The van der Waals surface area contributed by atoms with E-state index in [1.165, 1.54) is 29.2 Å². The van der Waals surface area contributed by atoms with Crippen molar-refractivity contribution < 1.29 is 14.0 Å². The molecule has 170 valence electrons. The maximum Gasteiger partial charge on any atom is 0.229 e. The molecule has 10 heteroatoms. The van der Waals surface area contributed by atoms with Crippen molar-refractivity contribution in [3.8, 4) is 5.82 Å². The molecule has 0 saturated carbocycles.